The van der Waals surface area contributed by atoms with E-state index in [1.54, 1.807) is 12.0 Å². The largest absolute Gasteiger partial charge is 0.497 e. The SMILES string of the molecule is CCN(C(=O)Cc1c(-c2ccc(OC)cc2)nn2c(C)cc(C)nc12)c1ccccc1. The van der Waals surface area contributed by atoms with E-state index >= 15 is 0 Å². The standard InChI is InChI=1S/C25H26N4O2/c1-5-28(20-9-7-6-8-10-20)23(30)16-22-24(19-11-13-21(31-4)14-12-19)27-29-18(3)15-17(2)26-25(22)29/h6-15H,5,16H2,1-4H3. The Morgan fingerprint density at radius 1 is 1.06 bits per heavy atom. The van der Waals surface area contributed by atoms with Crippen molar-refractivity contribution in [1.29, 1.82) is 0 Å². The third kappa shape index (κ3) is 4.01. The van der Waals surface area contributed by atoms with Gasteiger partial charge in [-0.05, 0) is 63.2 Å². The maximum Gasteiger partial charge on any atom is 0.231 e. The van der Waals surface area contributed by atoms with Gasteiger partial charge >= 0.3 is 0 Å². The molecule has 2 heterocycles. The van der Waals surface area contributed by atoms with E-state index in [0.717, 1.165) is 45.3 Å². The van der Waals surface area contributed by atoms with Gasteiger partial charge < -0.3 is 9.64 Å². The predicted octanol–water partition coefficient (Wildman–Crippen LogP) is 4.62. The molecule has 4 rings (SSSR count). The molecule has 0 spiro atoms. The minimum atomic E-state index is 0.0133. The summed E-state index contributed by atoms with van der Waals surface area (Å²) in [7, 11) is 1.64. The van der Waals surface area contributed by atoms with Crippen molar-refractivity contribution in [2.24, 2.45) is 0 Å². The van der Waals surface area contributed by atoms with Gasteiger partial charge in [0.1, 0.15) is 5.75 Å². The molecule has 0 saturated carbocycles. The molecule has 0 fully saturated rings. The van der Waals surface area contributed by atoms with Crippen molar-refractivity contribution in [3.05, 3.63) is 77.6 Å². The molecule has 1 amide bonds. The number of rotatable bonds is 6. The second-order valence-corrected chi connectivity index (χ2v) is 7.48. The summed E-state index contributed by atoms with van der Waals surface area (Å²) in [6.07, 6.45) is 0.212. The van der Waals surface area contributed by atoms with E-state index in [4.69, 9.17) is 14.8 Å². The number of carbonyl (C=O) groups excluding carboxylic acids is 1. The number of fused-ring (bicyclic) bond motifs is 1. The second-order valence-electron chi connectivity index (χ2n) is 7.48. The number of likely N-dealkylation sites (N-methyl/N-ethyl adjacent to an activating group) is 1. The highest BCUT2D eigenvalue weighted by molar-refractivity contribution is 5.96. The number of nitrogens with zero attached hydrogens (tertiary/aromatic N) is 4. The molecule has 0 saturated heterocycles. The molecule has 0 aliphatic carbocycles. The summed E-state index contributed by atoms with van der Waals surface area (Å²) in [4.78, 5) is 19.9. The average molecular weight is 415 g/mol. The van der Waals surface area contributed by atoms with E-state index in [1.165, 1.54) is 0 Å². The quantitative estimate of drug-likeness (QED) is 0.462. The number of hydrogen-bond donors (Lipinski definition) is 0. The van der Waals surface area contributed by atoms with Gasteiger partial charge in [0.15, 0.2) is 5.65 Å². The highest BCUT2D eigenvalue weighted by atomic mass is 16.5. The van der Waals surface area contributed by atoms with Crippen molar-refractivity contribution >= 4 is 17.2 Å². The van der Waals surface area contributed by atoms with Gasteiger partial charge in [0.05, 0.1) is 19.2 Å². The molecule has 6 heteroatoms. The maximum atomic E-state index is 13.4. The molecule has 0 radical (unpaired) electrons. The Kier molecular flexibility index (Phi) is 5.71. The first-order chi connectivity index (χ1) is 15.0. The Hall–Kier alpha value is -3.67. The summed E-state index contributed by atoms with van der Waals surface area (Å²) in [6, 6.07) is 19.5. The van der Waals surface area contributed by atoms with Crippen LogP contribution >= 0.6 is 0 Å². The van der Waals surface area contributed by atoms with Gasteiger partial charge in [-0.2, -0.15) is 5.10 Å². The van der Waals surface area contributed by atoms with Crippen molar-refractivity contribution < 1.29 is 9.53 Å². The first kappa shape index (κ1) is 20.6. The Bertz CT molecular complexity index is 1210. The number of benzene rings is 2. The Morgan fingerprint density at radius 3 is 2.42 bits per heavy atom. The van der Waals surface area contributed by atoms with Crippen LogP contribution in [0.15, 0.2) is 60.7 Å². The number of aromatic nitrogens is 3. The van der Waals surface area contributed by atoms with Crippen LogP contribution in [-0.2, 0) is 11.2 Å². The highest BCUT2D eigenvalue weighted by Crippen LogP contribution is 2.29. The lowest BCUT2D eigenvalue weighted by atomic mass is 10.0. The fraction of sp³-hybridized carbons (Fsp3) is 0.240. The molecule has 0 bridgehead atoms. The van der Waals surface area contributed by atoms with Crippen LogP contribution in [0.5, 0.6) is 5.75 Å². The average Bonchev–Trinajstić information content (AvgIpc) is 3.13. The van der Waals surface area contributed by atoms with Gasteiger partial charge in [-0.25, -0.2) is 9.50 Å². The van der Waals surface area contributed by atoms with Gasteiger partial charge in [0.2, 0.25) is 5.91 Å². The zero-order chi connectivity index (χ0) is 22.0. The molecular weight excluding hydrogens is 388 g/mol. The fourth-order valence-corrected chi connectivity index (χ4v) is 3.87. The van der Waals surface area contributed by atoms with Crippen LogP contribution in [0.2, 0.25) is 0 Å². The minimum absolute atomic E-state index is 0.0133. The molecule has 0 aliphatic rings. The zero-order valence-electron chi connectivity index (χ0n) is 18.3. The van der Waals surface area contributed by atoms with Crippen LogP contribution in [0.1, 0.15) is 23.9 Å². The smallest absolute Gasteiger partial charge is 0.231 e. The number of methoxy groups -OCH3 is 1. The van der Waals surface area contributed by atoms with Crippen LogP contribution in [0.4, 0.5) is 5.69 Å². The van der Waals surface area contributed by atoms with E-state index in [9.17, 15) is 4.79 Å². The second kappa shape index (κ2) is 8.60. The number of carbonyl (C=O) groups is 1. The topological polar surface area (TPSA) is 59.7 Å². The molecule has 6 nitrogen and oxygen atoms in total. The normalized spacial score (nSPS) is 11.0. The lowest BCUT2D eigenvalue weighted by molar-refractivity contribution is -0.117. The first-order valence-corrected chi connectivity index (χ1v) is 10.4. The Balaban J connectivity index is 1.82. The number of ether oxygens (including phenoxy) is 1. The van der Waals surface area contributed by atoms with Crippen LogP contribution < -0.4 is 9.64 Å². The van der Waals surface area contributed by atoms with Crippen LogP contribution in [0, 0.1) is 13.8 Å². The molecular formula is C25H26N4O2. The van der Waals surface area contributed by atoms with Crippen molar-refractivity contribution in [3.8, 4) is 17.0 Å². The molecule has 4 aromatic rings. The predicted molar refractivity (Wildman–Crippen MR) is 123 cm³/mol. The third-order valence-electron chi connectivity index (χ3n) is 5.37. The van der Waals surface area contributed by atoms with E-state index in [1.807, 2.05) is 86.0 Å². The van der Waals surface area contributed by atoms with E-state index in [2.05, 4.69) is 0 Å². The molecule has 2 aromatic carbocycles. The summed E-state index contributed by atoms with van der Waals surface area (Å²) >= 11 is 0. The van der Waals surface area contributed by atoms with Gasteiger partial charge in [-0.15, -0.1) is 0 Å². The minimum Gasteiger partial charge on any atom is -0.497 e. The van der Waals surface area contributed by atoms with Gasteiger partial charge in [0.25, 0.3) is 0 Å². The molecule has 0 aliphatic heterocycles. The maximum absolute atomic E-state index is 13.4. The Morgan fingerprint density at radius 2 is 1.77 bits per heavy atom. The van der Waals surface area contributed by atoms with Crippen molar-refractivity contribution in [3.63, 3.8) is 0 Å². The van der Waals surface area contributed by atoms with Crippen LogP contribution in [0.25, 0.3) is 16.9 Å². The molecule has 0 unspecified atom stereocenters. The van der Waals surface area contributed by atoms with Crippen molar-refractivity contribution in [2.45, 2.75) is 27.2 Å². The van der Waals surface area contributed by atoms with Crippen molar-refractivity contribution in [1.82, 2.24) is 14.6 Å². The summed E-state index contributed by atoms with van der Waals surface area (Å²) in [6.45, 7) is 6.53. The van der Waals surface area contributed by atoms with Crippen molar-refractivity contribution in [2.75, 3.05) is 18.6 Å². The van der Waals surface area contributed by atoms with Crippen LogP contribution in [0.3, 0.4) is 0 Å². The molecule has 2 aromatic heterocycles. The Labute approximate surface area is 182 Å². The van der Waals surface area contributed by atoms with E-state index in [0.29, 0.717) is 6.54 Å². The van der Waals surface area contributed by atoms with Crippen LogP contribution in [-0.4, -0.2) is 34.2 Å². The molecule has 0 atom stereocenters. The summed E-state index contributed by atoms with van der Waals surface area (Å²) in [5.41, 5.74) is 6.01. The number of hydrogen-bond acceptors (Lipinski definition) is 4. The lowest BCUT2D eigenvalue weighted by Gasteiger charge is -2.21. The summed E-state index contributed by atoms with van der Waals surface area (Å²) in [5, 5.41) is 4.83. The zero-order valence-corrected chi connectivity index (χ0v) is 18.3. The molecule has 0 N–H and O–H groups in total. The highest BCUT2D eigenvalue weighted by Gasteiger charge is 2.23. The molecule has 31 heavy (non-hydrogen) atoms. The van der Waals surface area contributed by atoms with E-state index in [-0.39, 0.29) is 12.3 Å². The monoisotopic (exact) mass is 414 g/mol. The number of aryl methyl sites for hydroxylation is 2. The number of para-hydroxylation sites is 1. The summed E-state index contributed by atoms with van der Waals surface area (Å²) < 4.78 is 7.12. The molecule has 158 valence electrons. The van der Waals surface area contributed by atoms with Gasteiger partial charge in [0, 0.05) is 34.7 Å². The summed E-state index contributed by atoms with van der Waals surface area (Å²) in [5.74, 6) is 0.788. The van der Waals surface area contributed by atoms with Gasteiger partial charge in [-0.1, -0.05) is 18.2 Å². The lowest BCUT2D eigenvalue weighted by Crippen LogP contribution is -2.32. The number of amides is 1. The number of anilines is 1. The third-order valence-corrected chi connectivity index (χ3v) is 5.37. The first-order valence-electron chi connectivity index (χ1n) is 10.4. The van der Waals surface area contributed by atoms with Gasteiger partial charge in [-0.3, -0.25) is 4.79 Å². The van der Waals surface area contributed by atoms with E-state index < -0.39 is 0 Å². The fourth-order valence-electron chi connectivity index (χ4n) is 3.87.